The summed E-state index contributed by atoms with van der Waals surface area (Å²) < 4.78 is 0. The van der Waals surface area contributed by atoms with Crippen molar-refractivity contribution in [3.63, 3.8) is 0 Å². The fourth-order valence-electron chi connectivity index (χ4n) is 3.70. The van der Waals surface area contributed by atoms with Crippen molar-refractivity contribution in [2.75, 3.05) is 13.1 Å². The van der Waals surface area contributed by atoms with Gasteiger partial charge in [-0.1, -0.05) is 43.7 Å². The fourth-order valence-corrected chi connectivity index (χ4v) is 3.91. The highest BCUT2D eigenvalue weighted by Gasteiger charge is 2.52. The van der Waals surface area contributed by atoms with Crippen molar-refractivity contribution in [1.29, 1.82) is 5.26 Å². The Balaban J connectivity index is 1.82. The zero-order valence-electron chi connectivity index (χ0n) is 13.1. The molecule has 4 nitrogen and oxygen atoms in total. The van der Waals surface area contributed by atoms with Gasteiger partial charge in [-0.15, -0.1) is 0 Å². The van der Waals surface area contributed by atoms with Crippen molar-refractivity contribution < 1.29 is 9.59 Å². The lowest BCUT2D eigenvalue weighted by Crippen LogP contribution is -2.60. The summed E-state index contributed by atoms with van der Waals surface area (Å²) in [6.07, 6.45) is 2.41. The van der Waals surface area contributed by atoms with Crippen LogP contribution in [0.2, 0.25) is 5.02 Å². The normalized spacial score (nSPS) is 21.4. The number of halogens is 1. The molecule has 23 heavy (non-hydrogen) atoms. The molecule has 1 aliphatic heterocycles. The van der Waals surface area contributed by atoms with E-state index < -0.39 is 5.41 Å². The highest BCUT2D eigenvalue weighted by molar-refractivity contribution is 6.33. The van der Waals surface area contributed by atoms with Crippen LogP contribution in [0.3, 0.4) is 0 Å². The summed E-state index contributed by atoms with van der Waals surface area (Å²) in [6, 6.07) is 8.98. The van der Waals surface area contributed by atoms with Crippen molar-refractivity contribution in [2.45, 2.75) is 20.3 Å². The van der Waals surface area contributed by atoms with Crippen molar-refractivity contribution in [1.82, 2.24) is 4.90 Å². The SMILES string of the molecule is CC1(C)CC2(C=C(C#N)C1=O)CN(C(=O)c1ccccc1Cl)C2. The summed E-state index contributed by atoms with van der Waals surface area (Å²) in [5, 5.41) is 9.63. The van der Waals surface area contributed by atoms with E-state index in [0.717, 1.165) is 0 Å². The van der Waals surface area contributed by atoms with E-state index in [9.17, 15) is 14.9 Å². The molecule has 1 spiro atoms. The smallest absolute Gasteiger partial charge is 0.255 e. The third-order valence-corrected chi connectivity index (χ3v) is 4.96. The number of nitriles is 1. The second kappa shape index (κ2) is 5.21. The molecule has 0 N–H and O–H groups in total. The summed E-state index contributed by atoms with van der Waals surface area (Å²) >= 11 is 6.08. The molecule has 1 aromatic carbocycles. The van der Waals surface area contributed by atoms with Crippen LogP contribution >= 0.6 is 11.6 Å². The molecular formula is C18H17ClN2O2. The Morgan fingerprint density at radius 2 is 1.96 bits per heavy atom. The van der Waals surface area contributed by atoms with Crippen LogP contribution in [-0.4, -0.2) is 29.7 Å². The average Bonchev–Trinajstić information content (AvgIpc) is 2.47. The van der Waals surface area contributed by atoms with E-state index in [4.69, 9.17) is 11.6 Å². The average molecular weight is 329 g/mol. The van der Waals surface area contributed by atoms with Crippen LogP contribution in [0.4, 0.5) is 0 Å². The first-order valence-electron chi connectivity index (χ1n) is 7.50. The molecule has 1 heterocycles. The van der Waals surface area contributed by atoms with E-state index in [-0.39, 0.29) is 22.7 Å². The van der Waals surface area contributed by atoms with Crippen molar-refractivity contribution in [3.8, 4) is 6.07 Å². The van der Waals surface area contributed by atoms with Crippen LogP contribution in [0.5, 0.6) is 0 Å². The summed E-state index contributed by atoms with van der Waals surface area (Å²) in [6.45, 7) is 4.75. The highest BCUT2D eigenvalue weighted by Crippen LogP contribution is 2.48. The first kappa shape index (κ1) is 15.8. The van der Waals surface area contributed by atoms with Crippen molar-refractivity contribution in [2.24, 2.45) is 10.8 Å². The zero-order valence-corrected chi connectivity index (χ0v) is 13.9. The van der Waals surface area contributed by atoms with Gasteiger partial charge in [-0.25, -0.2) is 0 Å². The van der Waals surface area contributed by atoms with Crippen LogP contribution in [0, 0.1) is 22.2 Å². The molecule has 0 aromatic heterocycles. The number of allylic oxidation sites excluding steroid dienone is 1. The van der Waals surface area contributed by atoms with Crippen LogP contribution in [-0.2, 0) is 4.79 Å². The van der Waals surface area contributed by atoms with Crippen LogP contribution in [0.25, 0.3) is 0 Å². The van der Waals surface area contributed by atoms with Crippen molar-refractivity contribution in [3.05, 3.63) is 46.5 Å². The number of ketones is 1. The molecule has 0 saturated carbocycles. The van der Waals surface area contributed by atoms with Gasteiger partial charge in [0.15, 0.2) is 5.78 Å². The maximum absolute atomic E-state index is 12.5. The van der Waals surface area contributed by atoms with E-state index in [1.807, 2.05) is 19.9 Å². The van der Waals surface area contributed by atoms with Crippen LogP contribution in [0.1, 0.15) is 30.6 Å². The predicted molar refractivity (Wildman–Crippen MR) is 86.9 cm³/mol. The Morgan fingerprint density at radius 3 is 2.57 bits per heavy atom. The minimum Gasteiger partial charge on any atom is -0.337 e. The lowest BCUT2D eigenvalue weighted by molar-refractivity contribution is -0.127. The number of amides is 1. The Labute approximate surface area is 140 Å². The molecule has 1 aliphatic carbocycles. The Hall–Kier alpha value is -2.12. The molecule has 5 heteroatoms. The largest absolute Gasteiger partial charge is 0.337 e. The molecule has 118 valence electrons. The minimum absolute atomic E-state index is 0.108. The van der Waals surface area contributed by atoms with Gasteiger partial charge < -0.3 is 4.90 Å². The Morgan fingerprint density at radius 1 is 1.30 bits per heavy atom. The van der Waals surface area contributed by atoms with E-state index >= 15 is 0 Å². The highest BCUT2D eigenvalue weighted by atomic mass is 35.5. The summed E-state index contributed by atoms with van der Waals surface area (Å²) in [5.74, 6) is -0.218. The molecule has 0 radical (unpaired) electrons. The van der Waals surface area contributed by atoms with Gasteiger partial charge in [0.05, 0.1) is 16.2 Å². The summed E-state index contributed by atoms with van der Waals surface area (Å²) in [7, 11) is 0. The molecule has 1 saturated heterocycles. The second-order valence-electron chi connectivity index (χ2n) is 7.06. The van der Waals surface area contributed by atoms with Gasteiger partial charge in [0.2, 0.25) is 0 Å². The molecule has 0 bridgehead atoms. The molecular weight excluding hydrogens is 312 g/mol. The third-order valence-electron chi connectivity index (χ3n) is 4.63. The van der Waals surface area contributed by atoms with Crippen LogP contribution in [0.15, 0.2) is 35.9 Å². The number of carbonyl (C=O) groups is 2. The Kier molecular flexibility index (Phi) is 3.57. The fraction of sp³-hybridized carbons (Fsp3) is 0.389. The van der Waals surface area contributed by atoms with Crippen molar-refractivity contribution >= 4 is 23.3 Å². The Bertz CT molecular complexity index is 767. The predicted octanol–water partition coefficient (Wildman–Crippen LogP) is 3.23. The number of nitrogens with zero attached hydrogens (tertiary/aromatic N) is 2. The minimum atomic E-state index is -0.570. The first-order chi connectivity index (χ1) is 10.8. The number of benzene rings is 1. The van der Waals surface area contributed by atoms with Crippen LogP contribution < -0.4 is 0 Å². The molecule has 3 rings (SSSR count). The van der Waals surface area contributed by atoms with Gasteiger partial charge in [-0.3, -0.25) is 9.59 Å². The van der Waals surface area contributed by atoms with Gasteiger partial charge in [0, 0.05) is 23.9 Å². The number of Topliss-reactive ketones (excluding diaryl/α,β-unsaturated/α-hetero) is 1. The van der Waals surface area contributed by atoms with Gasteiger partial charge in [-0.05, 0) is 18.6 Å². The van der Waals surface area contributed by atoms with Gasteiger partial charge in [-0.2, -0.15) is 5.26 Å². The molecule has 1 amide bonds. The molecule has 0 atom stereocenters. The summed E-state index contributed by atoms with van der Waals surface area (Å²) in [4.78, 5) is 26.5. The monoisotopic (exact) mass is 328 g/mol. The standard InChI is InChI=1S/C18H17ClN2O2/c1-17(2)9-18(7-12(8-20)15(17)22)10-21(11-18)16(23)13-5-3-4-6-14(13)19/h3-7H,9-11H2,1-2H3. The van der Waals surface area contributed by atoms with E-state index in [1.54, 1.807) is 35.2 Å². The quantitative estimate of drug-likeness (QED) is 0.795. The van der Waals surface area contributed by atoms with E-state index in [0.29, 0.717) is 30.1 Å². The lowest BCUT2D eigenvalue weighted by atomic mass is 9.61. The molecule has 2 aliphatic rings. The zero-order chi connectivity index (χ0) is 16.8. The first-order valence-corrected chi connectivity index (χ1v) is 7.87. The summed E-state index contributed by atoms with van der Waals surface area (Å²) in [5.41, 5.74) is -0.149. The van der Waals surface area contributed by atoms with E-state index in [2.05, 4.69) is 0 Å². The third kappa shape index (κ3) is 2.55. The number of likely N-dealkylation sites (tertiary alicyclic amines) is 1. The molecule has 1 fully saturated rings. The maximum atomic E-state index is 12.5. The number of hydrogen-bond donors (Lipinski definition) is 0. The number of hydrogen-bond acceptors (Lipinski definition) is 3. The second-order valence-corrected chi connectivity index (χ2v) is 7.47. The number of carbonyl (C=O) groups excluding carboxylic acids is 2. The lowest BCUT2D eigenvalue weighted by Gasteiger charge is -2.53. The molecule has 1 aromatic rings. The van der Waals surface area contributed by atoms with E-state index in [1.165, 1.54) is 0 Å². The van der Waals surface area contributed by atoms with Gasteiger partial charge in [0.25, 0.3) is 5.91 Å². The maximum Gasteiger partial charge on any atom is 0.255 e. The topological polar surface area (TPSA) is 61.2 Å². The number of rotatable bonds is 1. The van der Waals surface area contributed by atoms with Gasteiger partial charge in [0.1, 0.15) is 6.07 Å². The van der Waals surface area contributed by atoms with Gasteiger partial charge >= 0.3 is 0 Å². The molecule has 0 unspecified atom stereocenters.